The number of carboxylic acid groups (broad SMARTS) is 1. The van der Waals surface area contributed by atoms with Gasteiger partial charge in [0.05, 0.1) is 0 Å². The molecule has 0 bridgehead atoms. The lowest BCUT2D eigenvalue weighted by molar-refractivity contribution is -0.129. The van der Waals surface area contributed by atoms with E-state index in [0.29, 0.717) is 5.13 Å². The first-order valence-corrected chi connectivity index (χ1v) is 11.1. The van der Waals surface area contributed by atoms with Gasteiger partial charge in [-0.1, -0.05) is 96.2 Å². The lowest BCUT2D eigenvalue weighted by atomic mass is 9.77. The highest BCUT2D eigenvalue weighted by Gasteiger charge is 2.37. The van der Waals surface area contributed by atoms with Gasteiger partial charge in [0.25, 0.3) is 0 Å². The van der Waals surface area contributed by atoms with Crippen molar-refractivity contribution in [2.24, 2.45) is 5.16 Å². The highest BCUT2D eigenvalue weighted by Crippen LogP contribution is 2.41. The second-order valence-corrected chi connectivity index (χ2v) is 8.53. The fourth-order valence-electron chi connectivity index (χ4n) is 3.89. The molecular weight excluding hydrogens is 434 g/mol. The topological polar surface area (TPSA) is 83.8 Å². The van der Waals surface area contributed by atoms with E-state index in [4.69, 9.17) is 4.84 Å². The van der Waals surface area contributed by atoms with Crippen LogP contribution in [-0.4, -0.2) is 28.9 Å². The third-order valence-corrected chi connectivity index (χ3v) is 6.21. The molecule has 0 aliphatic carbocycles. The number of nitrogens with zero attached hydrogens (tertiary/aromatic N) is 2. The zero-order chi connectivity index (χ0) is 23.3. The first-order valence-electron chi connectivity index (χ1n) is 10.3. The Bertz CT molecular complexity index is 1160. The third kappa shape index (κ3) is 4.36. The average Bonchev–Trinajstić information content (AvgIpc) is 3.21. The lowest BCUT2D eigenvalue weighted by Gasteiger charge is -2.36. The number of aromatic nitrogens is 1. The minimum atomic E-state index is -1.20. The van der Waals surface area contributed by atoms with Crippen molar-refractivity contribution in [3.8, 4) is 0 Å². The summed E-state index contributed by atoms with van der Waals surface area (Å²) in [6, 6.07) is 30.4. The number of oxime groups is 1. The van der Waals surface area contributed by atoms with Crippen molar-refractivity contribution in [2.45, 2.75) is 12.5 Å². The molecule has 0 saturated heterocycles. The first-order chi connectivity index (χ1) is 16.1. The monoisotopic (exact) mass is 457 g/mol. The molecule has 0 radical (unpaired) electrons. The molecule has 33 heavy (non-hydrogen) atoms. The number of aryl methyl sites for hydroxylation is 1. The van der Waals surface area contributed by atoms with Crippen LogP contribution in [0.4, 0.5) is 5.13 Å². The summed E-state index contributed by atoms with van der Waals surface area (Å²) in [5, 5.41) is 17.5. The summed E-state index contributed by atoms with van der Waals surface area (Å²) in [6.45, 7) is 1.82. The van der Waals surface area contributed by atoms with Crippen molar-refractivity contribution in [1.29, 1.82) is 0 Å². The molecule has 0 fully saturated rings. The number of anilines is 1. The third-order valence-electron chi connectivity index (χ3n) is 5.32. The predicted octanol–water partition coefficient (Wildman–Crippen LogP) is 5.29. The van der Waals surface area contributed by atoms with Gasteiger partial charge in [0.2, 0.25) is 5.71 Å². The molecule has 2 N–H and O–H groups in total. The maximum atomic E-state index is 11.7. The van der Waals surface area contributed by atoms with E-state index in [1.54, 1.807) is 0 Å². The predicted molar refractivity (Wildman–Crippen MR) is 131 cm³/mol. The number of carbonyl (C=O) groups is 1. The van der Waals surface area contributed by atoms with Crippen LogP contribution in [0.2, 0.25) is 0 Å². The van der Waals surface area contributed by atoms with Crippen LogP contribution in [0, 0.1) is 6.92 Å². The van der Waals surface area contributed by atoms with E-state index in [9.17, 15) is 9.90 Å². The minimum absolute atomic E-state index is 0.232. The van der Waals surface area contributed by atoms with Crippen molar-refractivity contribution < 1.29 is 14.7 Å². The fraction of sp³-hybridized carbons (Fsp3) is 0.115. The van der Waals surface area contributed by atoms with Crippen LogP contribution in [0.5, 0.6) is 0 Å². The van der Waals surface area contributed by atoms with Gasteiger partial charge >= 0.3 is 5.97 Å². The molecule has 0 unspecified atom stereocenters. The summed E-state index contributed by atoms with van der Waals surface area (Å²) in [6.07, 6.45) is 0. The van der Waals surface area contributed by atoms with Crippen molar-refractivity contribution in [2.75, 3.05) is 12.4 Å². The molecule has 0 atom stereocenters. The number of nitrogens with one attached hydrogen (secondary N) is 1. The highest BCUT2D eigenvalue weighted by atomic mass is 32.1. The molecule has 7 heteroatoms. The Kier molecular flexibility index (Phi) is 6.51. The van der Waals surface area contributed by atoms with Gasteiger partial charge in [0.15, 0.2) is 5.13 Å². The van der Waals surface area contributed by atoms with Gasteiger partial charge in [0.1, 0.15) is 18.3 Å². The number of hydrogen-bond donors (Lipinski definition) is 2. The quantitative estimate of drug-likeness (QED) is 0.213. The molecule has 0 aliphatic rings. The molecule has 1 heterocycles. The molecule has 0 spiro atoms. The molecular formula is C26H23N3O3S. The van der Waals surface area contributed by atoms with Crippen molar-refractivity contribution in [3.63, 3.8) is 0 Å². The van der Waals surface area contributed by atoms with Gasteiger partial charge in [-0.2, -0.15) is 0 Å². The standard InChI is InChI=1S/C26H23N3O3S/c1-18-22(23(24(30)31)29-32-2)27-25(33-18)28-26(19-12-6-3-7-13-19,20-14-8-4-9-15-20)21-16-10-5-11-17-21/h3-17H,1-2H3,(H,27,28)(H,30,31). The Morgan fingerprint density at radius 2 is 1.36 bits per heavy atom. The molecule has 1 aromatic heterocycles. The number of aliphatic carboxylic acids is 1. The summed E-state index contributed by atoms with van der Waals surface area (Å²) < 4.78 is 0. The van der Waals surface area contributed by atoms with Crippen LogP contribution < -0.4 is 5.32 Å². The van der Waals surface area contributed by atoms with Gasteiger partial charge in [-0.05, 0) is 23.6 Å². The number of rotatable bonds is 8. The number of carboxylic acids is 1. The summed E-state index contributed by atoms with van der Waals surface area (Å²) >= 11 is 1.37. The minimum Gasteiger partial charge on any atom is -0.476 e. The van der Waals surface area contributed by atoms with Crippen LogP contribution in [0.3, 0.4) is 0 Å². The van der Waals surface area contributed by atoms with Crippen LogP contribution in [0.1, 0.15) is 27.3 Å². The van der Waals surface area contributed by atoms with Gasteiger partial charge in [-0.3, -0.25) is 0 Å². The largest absolute Gasteiger partial charge is 0.476 e. The smallest absolute Gasteiger partial charge is 0.360 e. The first kappa shape index (κ1) is 22.2. The molecule has 166 valence electrons. The van der Waals surface area contributed by atoms with E-state index in [1.165, 1.54) is 18.4 Å². The van der Waals surface area contributed by atoms with E-state index < -0.39 is 11.5 Å². The fourth-order valence-corrected chi connectivity index (χ4v) is 4.76. The van der Waals surface area contributed by atoms with E-state index >= 15 is 0 Å². The van der Waals surface area contributed by atoms with Crippen molar-refractivity contribution in [1.82, 2.24) is 4.98 Å². The molecule has 6 nitrogen and oxygen atoms in total. The molecule has 0 aliphatic heterocycles. The Hall–Kier alpha value is -3.97. The molecule has 4 rings (SSSR count). The Labute approximate surface area is 196 Å². The normalized spacial score (nSPS) is 11.8. The lowest BCUT2D eigenvalue weighted by Crippen LogP contribution is -2.38. The van der Waals surface area contributed by atoms with Crippen LogP contribution in [0.15, 0.2) is 96.2 Å². The van der Waals surface area contributed by atoms with Crippen LogP contribution >= 0.6 is 11.3 Å². The maximum absolute atomic E-state index is 11.7. The van der Waals surface area contributed by atoms with Crippen molar-refractivity contribution in [3.05, 3.63) is 118 Å². The summed E-state index contributed by atoms with van der Waals surface area (Å²) in [5.41, 5.74) is 2.37. The zero-order valence-electron chi connectivity index (χ0n) is 18.2. The highest BCUT2D eigenvalue weighted by molar-refractivity contribution is 7.15. The second kappa shape index (κ2) is 9.67. The Morgan fingerprint density at radius 1 is 0.909 bits per heavy atom. The molecule has 0 saturated carbocycles. The zero-order valence-corrected chi connectivity index (χ0v) is 19.0. The number of thiazole rings is 1. The van der Waals surface area contributed by atoms with Gasteiger partial charge in [-0.15, -0.1) is 11.3 Å². The van der Waals surface area contributed by atoms with Gasteiger partial charge in [-0.25, -0.2) is 9.78 Å². The maximum Gasteiger partial charge on any atom is 0.360 e. The van der Waals surface area contributed by atoms with E-state index in [1.807, 2.05) is 61.5 Å². The van der Waals surface area contributed by atoms with E-state index in [0.717, 1.165) is 21.6 Å². The van der Waals surface area contributed by atoms with Crippen molar-refractivity contribution >= 4 is 28.1 Å². The molecule has 4 aromatic rings. The summed E-state index contributed by atoms with van der Waals surface area (Å²) in [5.74, 6) is -1.20. The molecule has 0 amide bonds. The van der Waals surface area contributed by atoms with Gasteiger partial charge in [0, 0.05) is 4.88 Å². The summed E-state index contributed by atoms with van der Waals surface area (Å²) in [4.78, 5) is 21.8. The molecule has 3 aromatic carbocycles. The SMILES string of the molecule is CON=C(C(=O)O)c1nc(NC(c2ccccc2)(c2ccccc2)c2ccccc2)sc1C. The average molecular weight is 458 g/mol. The number of benzene rings is 3. The Morgan fingerprint density at radius 3 is 1.76 bits per heavy atom. The van der Waals surface area contributed by atoms with Gasteiger partial charge < -0.3 is 15.3 Å². The Balaban J connectivity index is 1.93. The van der Waals surface area contributed by atoms with Crippen LogP contribution in [-0.2, 0) is 15.2 Å². The van der Waals surface area contributed by atoms with E-state index in [-0.39, 0.29) is 11.4 Å². The summed E-state index contributed by atoms with van der Waals surface area (Å²) in [7, 11) is 1.31. The second-order valence-electron chi connectivity index (χ2n) is 7.32. The van der Waals surface area contributed by atoms with Crippen LogP contribution in [0.25, 0.3) is 0 Å². The van der Waals surface area contributed by atoms with E-state index in [2.05, 4.69) is 51.9 Å². The number of hydrogen-bond acceptors (Lipinski definition) is 6.